The van der Waals surface area contributed by atoms with E-state index in [2.05, 4.69) is 4.74 Å². The van der Waals surface area contributed by atoms with Gasteiger partial charge in [0.1, 0.15) is 0 Å². The Balaban J connectivity index is 4.95. The molecule has 1 nitrogen and oxygen atoms in total. The largest absolute Gasteiger partial charge is 0.425 e. The lowest BCUT2D eigenvalue weighted by molar-refractivity contribution is -0.392. The van der Waals surface area contributed by atoms with Crippen molar-refractivity contribution in [3.63, 3.8) is 0 Å². The quantitative estimate of drug-likeness (QED) is 0.653. The molecule has 0 heterocycles. The van der Waals surface area contributed by atoms with Gasteiger partial charge in [-0.05, 0) is 0 Å². The lowest BCUT2D eigenvalue weighted by Gasteiger charge is -2.29. The standard InChI is InChI=1S/C5H5F7O/c1-13-5(11,12)4(9,10)3(7,8)2-6/h2H2,1H3. The summed E-state index contributed by atoms with van der Waals surface area (Å²) >= 11 is 0. The molecule has 0 saturated heterocycles. The van der Waals surface area contributed by atoms with Crippen molar-refractivity contribution in [2.24, 2.45) is 0 Å². The summed E-state index contributed by atoms with van der Waals surface area (Å²) in [5.74, 6) is -11.3. The van der Waals surface area contributed by atoms with Crippen LogP contribution in [0.3, 0.4) is 0 Å². The van der Waals surface area contributed by atoms with Crippen LogP contribution in [0.4, 0.5) is 30.7 Å². The highest BCUT2D eigenvalue weighted by Crippen LogP contribution is 2.45. The molecule has 0 fully saturated rings. The summed E-state index contributed by atoms with van der Waals surface area (Å²) in [6.07, 6.45) is -5.40. The molecule has 0 aliphatic carbocycles. The summed E-state index contributed by atoms with van der Waals surface area (Å²) < 4.78 is 86.3. The molecule has 0 amide bonds. The molecule has 0 aliphatic heterocycles. The summed E-state index contributed by atoms with van der Waals surface area (Å²) in [7, 11) is 0.113. The summed E-state index contributed by atoms with van der Waals surface area (Å²) in [4.78, 5) is 0. The first-order chi connectivity index (χ1) is 5.62. The fourth-order valence-corrected chi connectivity index (χ4v) is 0.425. The molecule has 8 heteroatoms. The molecule has 0 spiro atoms. The van der Waals surface area contributed by atoms with Gasteiger partial charge >= 0.3 is 18.0 Å². The lowest BCUT2D eigenvalue weighted by Crippen LogP contribution is -2.56. The van der Waals surface area contributed by atoms with Gasteiger partial charge in [-0.25, -0.2) is 4.39 Å². The Labute approximate surface area is 68.5 Å². The van der Waals surface area contributed by atoms with Crippen LogP contribution in [0.1, 0.15) is 0 Å². The average Bonchev–Trinajstić information content (AvgIpc) is 2.03. The second-order valence-electron chi connectivity index (χ2n) is 2.13. The van der Waals surface area contributed by atoms with E-state index in [-0.39, 0.29) is 7.11 Å². The number of hydrogen-bond donors (Lipinski definition) is 0. The maximum atomic E-state index is 12.1. The Morgan fingerprint density at radius 3 is 1.62 bits per heavy atom. The number of halogens is 7. The molecule has 0 N–H and O–H groups in total. The second-order valence-corrected chi connectivity index (χ2v) is 2.13. The Morgan fingerprint density at radius 2 is 1.38 bits per heavy atom. The minimum atomic E-state index is -5.87. The summed E-state index contributed by atoms with van der Waals surface area (Å²) in [6, 6.07) is 0. The molecular formula is C5H5F7O. The highest BCUT2D eigenvalue weighted by molar-refractivity contribution is 4.91. The van der Waals surface area contributed by atoms with E-state index in [9.17, 15) is 30.7 Å². The zero-order valence-corrected chi connectivity index (χ0v) is 6.26. The fraction of sp³-hybridized carbons (Fsp3) is 1.00. The van der Waals surface area contributed by atoms with Gasteiger partial charge in [0.05, 0.1) is 0 Å². The smallest absolute Gasteiger partial charge is 0.319 e. The van der Waals surface area contributed by atoms with Gasteiger partial charge < -0.3 is 4.74 Å². The van der Waals surface area contributed by atoms with E-state index < -0.39 is 24.6 Å². The third kappa shape index (κ3) is 1.87. The predicted molar refractivity (Wildman–Crippen MR) is 27.8 cm³/mol. The van der Waals surface area contributed by atoms with Crippen molar-refractivity contribution in [3.05, 3.63) is 0 Å². The van der Waals surface area contributed by atoms with E-state index in [0.29, 0.717) is 0 Å². The summed E-state index contributed by atoms with van der Waals surface area (Å²) in [5, 5.41) is 0. The van der Waals surface area contributed by atoms with Gasteiger partial charge in [0.25, 0.3) is 0 Å². The second kappa shape index (κ2) is 3.32. The Morgan fingerprint density at radius 1 is 1.00 bits per heavy atom. The molecule has 0 unspecified atom stereocenters. The van der Waals surface area contributed by atoms with Crippen molar-refractivity contribution < 1.29 is 35.5 Å². The topological polar surface area (TPSA) is 9.23 Å². The van der Waals surface area contributed by atoms with Gasteiger partial charge in [0, 0.05) is 7.11 Å². The van der Waals surface area contributed by atoms with Crippen LogP contribution in [0.2, 0.25) is 0 Å². The molecule has 0 aromatic heterocycles. The maximum Gasteiger partial charge on any atom is 0.425 e. The molecule has 0 saturated carbocycles. The Bertz CT molecular complexity index is 160. The van der Waals surface area contributed by atoms with Gasteiger partial charge in [0.15, 0.2) is 6.67 Å². The highest BCUT2D eigenvalue weighted by atomic mass is 19.4. The van der Waals surface area contributed by atoms with Crippen molar-refractivity contribution in [1.29, 1.82) is 0 Å². The van der Waals surface area contributed by atoms with Gasteiger partial charge in [-0.1, -0.05) is 0 Å². The third-order valence-corrected chi connectivity index (χ3v) is 1.25. The Kier molecular flexibility index (Phi) is 3.18. The molecule has 0 aliphatic rings. The Hall–Kier alpha value is -0.530. The molecular weight excluding hydrogens is 209 g/mol. The van der Waals surface area contributed by atoms with E-state index in [1.54, 1.807) is 0 Å². The monoisotopic (exact) mass is 214 g/mol. The summed E-state index contributed by atoms with van der Waals surface area (Å²) in [5.41, 5.74) is 0. The van der Waals surface area contributed by atoms with Crippen LogP contribution in [0.5, 0.6) is 0 Å². The SMILES string of the molecule is COC(F)(F)C(F)(F)C(F)(F)CF. The molecule has 0 atom stereocenters. The molecule has 0 aromatic carbocycles. The van der Waals surface area contributed by atoms with Gasteiger partial charge in [-0.3, -0.25) is 0 Å². The number of ether oxygens (including phenoxy) is 1. The summed E-state index contributed by atoms with van der Waals surface area (Å²) in [6.45, 7) is -2.89. The minimum absolute atomic E-state index is 0.113. The van der Waals surface area contributed by atoms with Crippen molar-refractivity contribution in [3.8, 4) is 0 Å². The maximum absolute atomic E-state index is 12.1. The first-order valence-corrected chi connectivity index (χ1v) is 2.87. The number of alkyl halides is 7. The first-order valence-electron chi connectivity index (χ1n) is 2.87. The van der Waals surface area contributed by atoms with E-state index in [1.165, 1.54) is 0 Å². The average molecular weight is 214 g/mol. The van der Waals surface area contributed by atoms with Crippen molar-refractivity contribution in [2.45, 2.75) is 18.0 Å². The number of rotatable bonds is 4. The fourth-order valence-electron chi connectivity index (χ4n) is 0.425. The van der Waals surface area contributed by atoms with E-state index >= 15 is 0 Å². The van der Waals surface area contributed by atoms with Crippen LogP contribution in [-0.2, 0) is 4.74 Å². The van der Waals surface area contributed by atoms with Gasteiger partial charge in [-0.2, -0.15) is 26.3 Å². The molecule has 80 valence electrons. The van der Waals surface area contributed by atoms with Gasteiger partial charge in [0.2, 0.25) is 0 Å². The van der Waals surface area contributed by atoms with Crippen LogP contribution in [0, 0.1) is 0 Å². The van der Waals surface area contributed by atoms with E-state index in [4.69, 9.17) is 0 Å². The van der Waals surface area contributed by atoms with Crippen LogP contribution in [0.15, 0.2) is 0 Å². The predicted octanol–water partition coefficient (Wildman–Crippen LogP) is 2.47. The van der Waals surface area contributed by atoms with Crippen LogP contribution >= 0.6 is 0 Å². The van der Waals surface area contributed by atoms with Crippen LogP contribution < -0.4 is 0 Å². The van der Waals surface area contributed by atoms with Gasteiger partial charge in [-0.15, -0.1) is 0 Å². The number of hydrogen-bond acceptors (Lipinski definition) is 1. The normalized spacial score (nSPS) is 14.8. The first kappa shape index (κ1) is 12.5. The van der Waals surface area contributed by atoms with Crippen LogP contribution in [-0.4, -0.2) is 31.7 Å². The van der Waals surface area contributed by atoms with Crippen molar-refractivity contribution in [1.82, 2.24) is 0 Å². The molecule has 0 radical (unpaired) electrons. The zero-order chi connectivity index (χ0) is 10.9. The number of methoxy groups -OCH3 is 1. The molecule has 0 aromatic rings. The van der Waals surface area contributed by atoms with E-state index in [0.717, 1.165) is 0 Å². The van der Waals surface area contributed by atoms with Crippen molar-refractivity contribution in [2.75, 3.05) is 13.8 Å². The highest BCUT2D eigenvalue weighted by Gasteiger charge is 2.72. The van der Waals surface area contributed by atoms with Crippen LogP contribution in [0.25, 0.3) is 0 Å². The van der Waals surface area contributed by atoms with E-state index in [1.807, 2.05) is 0 Å². The lowest BCUT2D eigenvalue weighted by atomic mass is 10.2. The van der Waals surface area contributed by atoms with Crippen molar-refractivity contribution >= 4 is 0 Å². The third-order valence-electron chi connectivity index (χ3n) is 1.25. The molecule has 13 heavy (non-hydrogen) atoms. The molecule has 0 rings (SSSR count). The zero-order valence-electron chi connectivity index (χ0n) is 6.26. The molecule has 0 bridgehead atoms. The minimum Gasteiger partial charge on any atom is -0.319 e.